The molecule has 0 unspecified atom stereocenters. The van der Waals surface area contributed by atoms with E-state index in [9.17, 15) is 0 Å². The summed E-state index contributed by atoms with van der Waals surface area (Å²) < 4.78 is 0. The molecule has 3 fully saturated rings. The molecule has 3 heterocycles. The second-order valence-electron chi connectivity index (χ2n) is 14.1. The van der Waals surface area contributed by atoms with Crippen molar-refractivity contribution in [2.24, 2.45) is 0 Å². The zero-order valence-electron chi connectivity index (χ0n) is 23.1. The Labute approximate surface area is 200 Å². The van der Waals surface area contributed by atoms with Crippen molar-refractivity contribution in [3.05, 3.63) is 0 Å². The highest BCUT2D eigenvalue weighted by Gasteiger charge is 2.47. The fourth-order valence-corrected chi connectivity index (χ4v) is 7.87. The third-order valence-electron chi connectivity index (χ3n) is 8.19. The van der Waals surface area contributed by atoms with Gasteiger partial charge in [0.2, 0.25) is 0 Å². The minimum absolute atomic E-state index is 0.209. The SMILES string of the molecule is CCCCCCC1N(C2CC(C)(C)NC(C)(C)C2)CCCN1C1CC(C)(C)NC(C)(C)C1. The van der Waals surface area contributed by atoms with E-state index >= 15 is 0 Å². The van der Waals surface area contributed by atoms with Crippen LogP contribution in [-0.4, -0.2) is 63.3 Å². The molecule has 188 valence electrons. The van der Waals surface area contributed by atoms with E-state index in [1.54, 1.807) is 0 Å². The largest absolute Gasteiger partial charge is 0.307 e. The maximum Gasteiger partial charge on any atom is 0.0627 e. The molecule has 0 radical (unpaired) electrons. The van der Waals surface area contributed by atoms with Gasteiger partial charge in [0.05, 0.1) is 6.17 Å². The quantitative estimate of drug-likeness (QED) is 0.474. The van der Waals surface area contributed by atoms with Crippen molar-refractivity contribution in [2.75, 3.05) is 13.1 Å². The van der Waals surface area contributed by atoms with Gasteiger partial charge in [0.25, 0.3) is 0 Å². The summed E-state index contributed by atoms with van der Waals surface area (Å²) in [5, 5.41) is 7.85. The first-order valence-electron chi connectivity index (χ1n) is 13.8. The minimum atomic E-state index is 0.209. The van der Waals surface area contributed by atoms with E-state index in [4.69, 9.17) is 0 Å². The smallest absolute Gasteiger partial charge is 0.0627 e. The van der Waals surface area contributed by atoms with Crippen LogP contribution in [0.25, 0.3) is 0 Å². The summed E-state index contributed by atoms with van der Waals surface area (Å²) in [6.07, 6.45) is 13.8. The van der Waals surface area contributed by atoms with Gasteiger partial charge in [-0.15, -0.1) is 0 Å². The molecular weight excluding hydrogens is 392 g/mol. The molecule has 32 heavy (non-hydrogen) atoms. The van der Waals surface area contributed by atoms with E-state index in [0.717, 1.165) is 0 Å². The van der Waals surface area contributed by atoms with Crippen LogP contribution >= 0.6 is 0 Å². The summed E-state index contributed by atoms with van der Waals surface area (Å²) in [7, 11) is 0. The van der Waals surface area contributed by atoms with Gasteiger partial charge in [-0.3, -0.25) is 9.80 Å². The number of hydrogen-bond donors (Lipinski definition) is 2. The van der Waals surface area contributed by atoms with E-state index < -0.39 is 0 Å². The third kappa shape index (κ3) is 6.93. The van der Waals surface area contributed by atoms with Crippen LogP contribution in [0.1, 0.15) is 127 Å². The van der Waals surface area contributed by atoms with Crippen molar-refractivity contribution in [2.45, 2.75) is 167 Å². The zero-order valence-corrected chi connectivity index (χ0v) is 23.1. The highest BCUT2D eigenvalue weighted by molar-refractivity contribution is 5.05. The van der Waals surface area contributed by atoms with E-state index in [2.05, 4.69) is 82.7 Å². The Kier molecular flexibility index (Phi) is 8.13. The minimum Gasteiger partial charge on any atom is -0.307 e. The van der Waals surface area contributed by atoms with Gasteiger partial charge in [0.1, 0.15) is 0 Å². The summed E-state index contributed by atoms with van der Waals surface area (Å²) in [5.41, 5.74) is 0.834. The molecule has 4 heteroatoms. The van der Waals surface area contributed by atoms with Gasteiger partial charge in [-0.1, -0.05) is 32.6 Å². The third-order valence-corrected chi connectivity index (χ3v) is 8.19. The van der Waals surface area contributed by atoms with E-state index in [-0.39, 0.29) is 22.2 Å². The van der Waals surface area contributed by atoms with Crippen LogP contribution in [0.3, 0.4) is 0 Å². The molecule has 2 N–H and O–H groups in total. The summed E-state index contributed by atoms with van der Waals surface area (Å²) in [6, 6.07) is 1.37. The predicted octanol–water partition coefficient (Wildman–Crippen LogP) is 5.91. The van der Waals surface area contributed by atoms with Crippen LogP contribution in [-0.2, 0) is 0 Å². The normalized spacial score (nSPS) is 29.9. The molecule has 0 aromatic heterocycles. The monoisotopic (exact) mass is 448 g/mol. The fourth-order valence-electron chi connectivity index (χ4n) is 7.87. The average Bonchev–Trinajstić information content (AvgIpc) is 2.60. The van der Waals surface area contributed by atoms with Crippen molar-refractivity contribution in [3.8, 4) is 0 Å². The van der Waals surface area contributed by atoms with Crippen molar-refractivity contribution in [1.29, 1.82) is 0 Å². The molecule has 0 aromatic rings. The van der Waals surface area contributed by atoms with Gasteiger partial charge in [-0.2, -0.15) is 0 Å². The van der Waals surface area contributed by atoms with E-state index in [0.29, 0.717) is 18.2 Å². The second-order valence-corrected chi connectivity index (χ2v) is 14.1. The van der Waals surface area contributed by atoms with Gasteiger partial charge in [-0.25, -0.2) is 0 Å². The zero-order chi connectivity index (χ0) is 23.8. The Morgan fingerprint density at radius 1 is 0.625 bits per heavy atom. The maximum absolute atomic E-state index is 3.92. The molecule has 3 rings (SSSR count). The molecule has 0 aliphatic carbocycles. The van der Waals surface area contributed by atoms with Gasteiger partial charge >= 0.3 is 0 Å². The first-order chi connectivity index (χ1) is 14.7. The molecule has 0 saturated carbocycles. The Morgan fingerprint density at radius 3 is 1.41 bits per heavy atom. The lowest BCUT2D eigenvalue weighted by Gasteiger charge is -2.58. The lowest BCUT2D eigenvalue weighted by atomic mass is 9.77. The number of nitrogens with one attached hydrogen (secondary N) is 2. The Bertz CT molecular complexity index is 531. The molecule has 0 aromatic carbocycles. The van der Waals surface area contributed by atoms with Gasteiger partial charge < -0.3 is 10.6 Å². The van der Waals surface area contributed by atoms with Crippen LogP contribution in [0.15, 0.2) is 0 Å². The number of nitrogens with zero attached hydrogens (tertiary/aromatic N) is 2. The number of rotatable bonds is 7. The number of unbranched alkanes of at least 4 members (excludes halogenated alkanes) is 3. The summed E-state index contributed by atoms with van der Waals surface area (Å²) in [4.78, 5) is 5.95. The van der Waals surface area contributed by atoms with Crippen LogP contribution < -0.4 is 10.6 Å². The van der Waals surface area contributed by atoms with Crippen LogP contribution in [0.4, 0.5) is 0 Å². The van der Waals surface area contributed by atoms with Gasteiger partial charge in [0.15, 0.2) is 0 Å². The van der Waals surface area contributed by atoms with E-state index in [1.165, 1.54) is 77.3 Å². The molecular formula is C28H56N4. The molecule has 0 spiro atoms. The van der Waals surface area contributed by atoms with Crippen LogP contribution in [0, 0.1) is 0 Å². The number of piperidine rings is 2. The van der Waals surface area contributed by atoms with Crippen LogP contribution in [0.5, 0.6) is 0 Å². The molecule has 3 aliphatic heterocycles. The highest BCUT2D eigenvalue weighted by atomic mass is 15.4. The predicted molar refractivity (Wildman–Crippen MR) is 139 cm³/mol. The Hall–Kier alpha value is -0.160. The summed E-state index contributed by atoms with van der Waals surface area (Å²) in [6.45, 7) is 24.2. The lowest BCUT2D eigenvalue weighted by molar-refractivity contribution is -0.0899. The molecule has 0 atom stereocenters. The maximum atomic E-state index is 3.92. The fraction of sp³-hybridized carbons (Fsp3) is 1.00. The van der Waals surface area contributed by atoms with Crippen LogP contribution in [0.2, 0.25) is 0 Å². The molecule has 3 saturated heterocycles. The van der Waals surface area contributed by atoms with Gasteiger partial charge in [0, 0.05) is 47.3 Å². The molecule has 3 aliphatic rings. The lowest BCUT2D eigenvalue weighted by Crippen LogP contribution is -2.69. The van der Waals surface area contributed by atoms with E-state index in [1.807, 2.05) is 0 Å². The van der Waals surface area contributed by atoms with Crippen molar-refractivity contribution >= 4 is 0 Å². The highest BCUT2D eigenvalue weighted by Crippen LogP contribution is 2.39. The Balaban J connectivity index is 1.84. The standard InChI is InChI=1S/C28H56N4/c1-10-11-12-13-15-24-31(22-18-25(2,3)29-26(4,5)19-22)16-14-17-32(24)23-20-27(6,7)30-28(8,9)21-23/h22-24,29-30H,10-21H2,1-9H3. The first-order valence-corrected chi connectivity index (χ1v) is 13.8. The Morgan fingerprint density at radius 2 is 1.03 bits per heavy atom. The average molecular weight is 449 g/mol. The summed E-state index contributed by atoms with van der Waals surface area (Å²) in [5.74, 6) is 0. The molecule has 0 bridgehead atoms. The number of hydrogen-bond acceptors (Lipinski definition) is 4. The second kappa shape index (κ2) is 9.84. The van der Waals surface area contributed by atoms with Gasteiger partial charge in [-0.05, 0) is 93.9 Å². The molecule has 0 amide bonds. The summed E-state index contributed by atoms with van der Waals surface area (Å²) >= 11 is 0. The first kappa shape index (κ1) is 26.4. The van der Waals surface area contributed by atoms with Crippen molar-refractivity contribution < 1.29 is 0 Å². The molecule has 4 nitrogen and oxygen atoms in total. The van der Waals surface area contributed by atoms with Crippen molar-refractivity contribution in [1.82, 2.24) is 20.4 Å². The van der Waals surface area contributed by atoms with Crippen molar-refractivity contribution in [3.63, 3.8) is 0 Å². The topological polar surface area (TPSA) is 30.5 Å².